The Morgan fingerprint density at radius 1 is 1.31 bits per heavy atom. The van der Waals surface area contributed by atoms with Gasteiger partial charge in [0, 0.05) is 0 Å². The molecule has 0 saturated carbocycles. The lowest BCUT2D eigenvalue weighted by Crippen LogP contribution is -2.01. The number of hydrogen-bond donors (Lipinski definition) is 2. The SMILES string of the molecule is C=Cc1ccc(COCCP(=O)(O)O)cc1. The fourth-order valence-corrected chi connectivity index (χ4v) is 1.49. The summed E-state index contributed by atoms with van der Waals surface area (Å²) in [6, 6.07) is 7.62. The fourth-order valence-electron chi connectivity index (χ4n) is 1.12. The zero-order chi connectivity index (χ0) is 12.0. The Morgan fingerprint density at radius 3 is 2.44 bits per heavy atom. The summed E-state index contributed by atoms with van der Waals surface area (Å²) >= 11 is 0. The lowest BCUT2D eigenvalue weighted by atomic mass is 10.1. The molecule has 0 saturated heterocycles. The summed E-state index contributed by atoms with van der Waals surface area (Å²) in [6.45, 7) is 4.07. The van der Waals surface area contributed by atoms with Gasteiger partial charge >= 0.3 is 7.60 Å². The van der Waals surface area contributed by atoms with Crippen molar-refractivity contribution in [2.75, 3.05) is 12.8 Å². The highest BCUT2D eigenvalue weighted by Gasteiger charge is 2.11. The Kier molecular flexibility index (Phi) is 4.90. The van der Waals surface area contributed by atoms with Crippen molar-refractivity contribution in [2.45, 2.75) is 6.61 Å². The highest BCUT2D eigenvalue weighted by atomic mass is 31.2. The van der Waals surface area contributed by atoms with Crippen LogP contribution in [-0.4, -0.2) is 22.6 Å². The second kappa shape index (κ2) is 5.97. The van der Waals surface area contributed by atoms with E-state index in [9.17, 15) is 4.57 Å². The first kappa shape index (κ1) is 13.1. The molecule has 1 aromatic carbocycles. The number of rotatable bonds is 6. The van der Waals surface area contributed by atoms with Gasteiger partial charge in [0.05, 0.1) is 19.4 Å². The molecule has 1 aromatic rings. The van der Waals surface area contributed by atoms with E-state index >= 15 is 0 Å². The zero-order valence-corrected chi connectivity index (χ0v) is 9.77. The first-order chi connectivity index (χ1) is 7.51. The molecule has 0 aliphatic heterocycles. The largest absolute Gasteiger partial charge is 0.376 e. The predicted molar refractivity (Wildman–Crippen MR) is 63.1 cm³/mol. The molecule has 2 N–H and O–H groups in total. The smallest absolute Gasteiger partial charge is 0.327 e. The van der Waals surface area contributed by atoms with Gasteiger partial charge in [-0.2, -0.15) is 0 Å². The molecule has 88 valence electrons. The van der Waals surface area contributed by atoms with Gasteiger partial charge < -0.3 is 14.5 Å². The van der Waals surface area contributed by atoms with Gasteiger partial charge in [0.2, 0.25) is 0 Å². The van der Waals surface area contributed by atoms with Crippen LogP contribution < -0.4 is 0 Å². The fraction of sp³-hybridized carbons (Fsp3) is 0.273. The van der Waals surface area contributed by atoms with Crippen LogP contribution in [0, 0.1) is 0 Å². The third kappa shape index (κ3) is 5.24. The minimum atomic E-state index is -3.94. The van der Waals surface area contributed by atoms with Gasteiger partial charge in [0.1, 0.15) is 0 Å². The standard InChI is InChI=1S/C11H15O4P/c1-2-10-3-5-11(6-4-10)9-15-7-8-16(12,13)14/h2-6H,1,7-9H2,(H2,12,13,14). The van der Waals surface area contributed by atoms with Crippen LogP contribution in [0.3, 0.4) is 0 Å². The van der Waals surface area contributed by atoms with Crippen molar-refractivity contribution in [3.8, 4) is 0 Å². The van der Waals surface area contributed by atoms with E-state index in [0.717, 1.165) is 11.1 Å². The summed E-state index contributed by atoms with van der Waals surface area (Å²) in [5, 5.41) is 0. The second-order valence-corrected chi connectivity index (χ2v) is 5.16. The molecule has 0 bridgehead atoms. The van der Waals surface area contributed by atoms with Crippen LogP contribution in [0.25, 0.3) is 6.08 Å². The van der Waals surface area contributed by atoms with Crippen LogP contribution in [0.1, 0.15) is 11.1 Å². The van der Waals surface area contributed by atoms with Gasteiger partial charge in [0.15, 0.2) is 0 Å². The molecule has 4 nitrogen and oxygen atoms in total. The summed E-state index contributed by atoms with van der Waals surface area (Å²) in [5.41, 5.74) is 2.00. The molecule has 0 amide bonds. The van der Waals surface area contributed by atoms with E-state index in [0.29, 0.717) is 6.61 Å². The van der Waals surface area contributed by atoms with Crippen LogP contribution in [0.4, 0.5) is 0 Å². The van der Waals surface area contributed by atoms with Gasteiger partial charge in [-0.15, -0.1) is 0 Å². The average molecular weight is 242 g/mol. The van der Waals surface area contributed by atoms with E-state index in [-0.39, 0.29) is 12.8 Å². The third-order valence-corrected chi connectivity index (χ3v) is 2.78. The van der Waals surface area contributed by atoms with Crippen molar-refractivity contribution in [3.63, 3.8) is 0 Å². The molecule has 0 atom stereocenters. The number of benzene rings is 1. The van der Waals surface area contributed by atoms with Crippen molar-refractivity contribution in [2.24, 2.45) is 0 Å². The van der Waals surface area contributed by atoms with E-state index in [1.807, 2.05) is 24.3 Å². The van der Waals surface area contributed by atoms with Crippen molar-refractivity contribution >= 4 is 13.7 Å². The molecular weight excluding hydrogens is 227 g/mol. The van der Waals surface area contributed by atoms with Gasteiger partial charge in [-0.3, -0.25) is 4.57 Å². The van der Waals surface area contributed by atoms with Gasteiger partial charge in [-0.05, 0) is 11.1 Å². The highest BCUT2D eigenvalue weighted by Crippen LogP contribution is 2.33. The van der Waals surface area contributed by atoms with Crippen LogP contribution in [0.5, 0.6) is 0 Å². The van der Waals surface area contributed by atoms with E-state index in [1.165, 1.54) is 0 Å². The molecule has 0 aromatic heterocycles. The summed E-state index contributed by atoms with van der Waals surface area (Å²) in [4.78, 5) is 17.2. The Balaban J connectivity index is 2.32. The molecule has 0 unspecified atom stereocenters. The van der Waals surface area contributed by atoms with Crippen molar-refractivity contribution in [1.82, 2.24) is 0 Å². The highest BCUT2D eigenvalue weighted by molar-refractivity contribution is 7.51. The zero-order valence-electron chi connectivity index (χ0n) is 8.87. The topological polar surface area (TPSA) is 66.8 Å². The minimum absolute atomic E-state index is 0.0630. The third-order valence-electron chi connectivity index (χ3n) is 2.01. The van der Waals surface area contributed by atoms with Gasteiger partial charge in [-0.25, -0.2) is 0 Å². The molecule has 0 aliphatic rings. The Bertz CT molecular complexity index is 379. The maximum Gasteiger partial charge on any atom is 0.327 e. The van der Waals surface area contributed by atoms with E-state index in [4.69, 9.17) is 14.5 Å². The molecule has 0 fully saturated rings. The summed E-state index contributed by atoms with van der Waals surface area (Å²) in [7, 11) is -3.94. The van der Waals surface area contributed by atoms with E-state index in [2.05, 4.69) is 6.58 Å². The van der Waals surface area contributed by atoms with E-state index < -0.39 is 7.60 Å². The maximum absolute atomic E-state index is 10.5. The van der Waals surface area contributed by atoms with Crippen molar-refractivity contribution < 1.29 is 19.1 Å². The van der Waals surface area contributed by atoms with Crippen molar-refractivity contribution in [3.05, 3.63) is 42.0 Å². The summed E-state index contributed by atoms with van der Waals surface area (Å²) in [6.07, 6.45) is 1.51. The van der Waals surface area contributed by atoms with Crippen LogP contribution in [-0.2, 0) is 15.9 Å². The number of ether oxygens (including phenoxy) is 1. The molecule has 0 radical (unpaired) electrons. The second-order valence-electron chi connectivity index (χ2n) is 3.39. The number of hydrogen-bond acceptors (Lipinski definition) is 2. The minimum Gasteiger partial charge on any atom is -0.376 e. The lowest BCUT2D eigenvalue weighted by molar-refractivity contribution is 0.132. The molecule has 5 heteroatoms. The lowest BCUT2D eigenvalue weighted by Gasteiger charge is -2.05. The average Bonchev–Trinajstić information content (AvgIpc) is 2.24. The molecule has 0 spiro atoms. The van der Waals surface area contributed by atoms with Crippen LogP contribution >= 0.6 is 7.60 Å². The molecule has 0 aliphatic carbocycles. The maximum atomic E-state index is 10.5. The molecule has 0 heterocycles. The first-order valence-corrected chi connectivity index (χ1v) is 6.65. The monoisotopic (exact) mass is 242 g/mol. The Hall–Kier alpha value is -0.930. The molecule has 1 rings (SSSR count). The van der Waals surface area contributed by atoms with Crippen LogP contribution in [0.2, 0.25) is 0 Å². The quantitative estimate of drug-likeness (QED) is 0.591. The normalized spacial score (nSPS) is 11.4. The molecule has 16 heavy (non-hydrogen) atoms. The van der Waals surface area contributed by atoms with E-state index in [1.54, 1.807) is 6.08 Å². The van der Waals surface area contributed by atoms with Gasteiger partial charge in [-0.1, -0.05) is 36.9 Å². The van der Waals surface area contributed by atoms with Crippen LogP contribution in [0.15, 0.2) is 30.8 Å². The molecular formula is C11H15O4P. The summed E-state index contributed by atoms with van der Waals surface area (Å²) < 4.78 is 15.7. The first-order valence-electron chi connectivity index (χ1n) is 4.85. The van der Waals surface area contributed by atoms with Crippen molar-refractivity contribution in [1.29, 1.82) is 0 Å². The Morgan fingerprint density at radius 2 is 1.94 bits per heavy atom. The predicted octanol–water partition coefficient (Wildman–Crippen LogP) is 2.02. The summed E-state index contributed by atoms with van der Waals surface area (Å²) in [5.74, 6) is 0. The Labute approximate surface area is 94.7 Å². The van der Waals surface area contributed by atoms with Gasteiger partial charge in [0.25, 0.3) is 0 Å².